The molecule has 15 heavy (non-hydrogen) atoms. The minimum atomic E-state index is -3.07. The minimum Gasteiger partial charge on any atom is -0.308 e. The van der Waals surface area contributed by atoms with Gasteiger partial charge in [-0.15, -0.1) is 0 Å². The van der Waals surface area contributed by atoms with Gasteiger partial charge in [-0.3, -0.25) is 0 Å². The van der Waals surface area contributed by atoms with Crippen LogP contribution in [-0.4, -0.2) is 27.1 Å². The van der Waals surface area contributed by atoms with Gasteiger partial charge in [0.1, 0.15) is 0 Å². The fourth-order valence-corrected chi connectivity index (χ4v) is 2.00. The summed E-state index contributed by atoms with van der Waals surface area (Å²) in [6.45, 7) is 0.849. The predicted molar refractivity (Wildman–Crippen MR) is 65.1 cm³/mol. The van der Waals surface area contributed by atoms with Gasteiger partial charge in [-0.05, 0) is 30.7 Å². The lowest BCUT2D eigenvalue weighted by molar-refractivity contribution is 0.602. The Morgan fingerprint density at radius 3 is 2.33 bits per heavy atom. The molecular formula is C10H15NO2S2. The van der Waals surface area contributed by atoms with Crippen molar-refractivity contribution < 1.29 is 8.42 Å². The van der Waals surface area contributed by atoms with Gasteiger partial charge in [-0.2, -0.15) is 12.6 Å². The summed E-state index contributed by atoms with van der Waals surface area (Å²) in [5.74, 6) is 0.654. The minimum absolute atomic E-state index is 0.369. The highest BCUT2D eigenvalue weighted by Crippen LogP contribution is 2.10. The SMILES string of the molecule is CS(=O)(=O)c1ccc(CCNCS)cc1. The first-order valence-corrected chi connectivity index (χ1v) is 7.17. The van der Waals surface area contributed by atoms with E-state index in [0.717, 1.165) is 18.5 Å². The van der Waals surface area contributed by atoms with Gasteiger partial charge in [-0.1, -0.05) is 12.1 Å². The molecule has 1 aromatic rings. The molecule has 84 valence electrons. The summed E-state index contributed by atoms with van der Waals surface area (Å²) in [7, 11) is -3.07. The van der Waals surface area contributed by atoms with Gasteiger partial charge in [0, 0.05) is 12.1 Å². The van der Waals surface area contributed by atoms with Crippen molar-refractivity contribution in [1.29, 1.82) is 0 Å². The highest BCUT2D eigenvalue weighted by atomic mass is 32.2. The molecule has 0 unspecified atom stereocenters. The van der Waals surface area contributed by atoms with Crippen LogP contribution in [0.1, 0.15) is 5.56 Å². The predicted octanol–water partition coefficient (Wildman–Crippen LogP) is 1.11. The van der Waals surface area contributed by atoms with E-state index in [1.54, 1.807) is 12.1 Å². The van der Waals surface area contributed by atoms with Crippen molar-refractivity contribution >= 4 is 22.5 Å². The lowest BCUT2D eigenvalue weighted by atomic mass is 10.1. The third-order valence-electron chi connectivity index (χ3n) is 2.05. The van der Waals surface area contributed by atoms with Crippen LogP contribution in [0.2, 0.25) is 0 Å². The van der Waals surface area contributed by atoms with Gasteiger partial charge < -0.3 is 5.32 Å². The van der Waals surface area contributed by atoms with E-state index in [9.17, 15) is 8.42 Å². The number of hydrogen-bond donors (Lipinski definition) is 2. The molecule has 0 aliphatic heterocycles. The fourth-order valence-electron chi connectivity index (χ4n) is 1.22. The van der Waals surface area contributed by atoms with Crippen molar-refractivity contribution in [3.8, 4) is 0 Å². The Balaban J connectivity index is 2.65. The molecule has 0 aromatic heterocycles. The molecule has 0 radical (unpaired) electrons. The molecule has 1 aromatic carbocycles. The highest BCUT2D eigenvalue weighted by Gasteiger charge is 2.05. The van der Waals surface area contributed by atoms with Crippen molar-refractivity contribution in [2.75, 3.05) is 18.7 Å². The van der Waals surface area contributed by atoms with Crippen molar-refractivity contribution in [2.45, 2.75) is 11.3 Å². The maximum absolute atomic E-state index is 11.2. The first kappa shape index (κ1) is 12.5. The van der Waals surface area contributed by atoms with Gasteiger partial charge in [0.05, 0.1) is 4.90 Å². The van der Waals surface area contributed by atoms with Crippen LogP contribution in [0.25, 0.3) is 0 Å². The maximum atomic E-state index is 11.2. The zero-order chi connectivity index (χ0) is 11.3. The molecule has 5 heteroatoms. The summed E-state index contributed by atoms with van der Waals surface area (Å²) in [4.78, 5) is 0.369. The second-order valence-corrected chi connectivity index (χ2v) is 5.66. The van der Waals surface area contributed by atoms with E-state index >= 15 is 0 Å². The fraction of sp³-hybridized carbons (Fsp3) is 0.400. The van der Waals surface area contributed by atoms with Crippen LogP contribution in [0.5, 0.6) is 0 Å². The van der Waals surface area contributed by atoms with E-state index in [2.05, 4.69) is 17.9 Å². The summed E-state index contributed by atoms with van der Waals surface area (Å²) >= 11 is 4.03. The van der Waals surface area contributed by atoms with Gasteiger partial charge in [-0.25, -0.2) is 8.42 Å². The van der Waals surface area contributed by atoms with E-state index in [1.165, 1.54) is 6.26 Å². The lowest BCUT2D eigenvalue weighted by Gasteiger charge is -2.03. The summed E-state index contributed by atoms with van der Waals surface area (Å²) in [6, 6.07) is 6.98. The summed E-state index contributed by atoms with van der Waals surface area (Å²) in [5.41, 5.74) is 1.12. The summed E-state index contributed by atoms with van der Waals surface area (Å²) in [5, 5.41) is 3.09. The van der Waals surface area contributed by atoms with E-state index in [4.69, 9.17) is 0 Å². The summed E-state index contributed by atoms with van der Waals surface area (Å²) in [6.07, 6.45) is 2.09. The van der Waals surface area contributed by atoms with Crippen molar-refractivity contribution in [3.63, 3.8) is 0 Å². The number of benzene rings is 1. The standard InChI is InChI=1S/C10H15NO2S2/c1-15(12,13)10-4-2-9(3-5-10)6-7-11-8-14/h2-5,11,14H,6-8H2,1H3. The van der Waals surface area contributed by atoms with E-state index in [-0.39, 0.29) is 0 Å². The quantitative estimate of drug-likeness (QED) is 0.464. The molecule has 0 aliphatic carbocycles. The molecule has 0 amide bonds. The van der Waals surface area contributed by atoms with Crippen molar-refractivity contribution in [1.82, 2.24) is 5.32 Å². The number of nitrogens with one attached hydrogen (secondary N) is 1. The first-order valence-electron chi connectivity index (χ1n) is 4.64. The second-order valence-electron chi connectivity index (χ2n) is 3.32. The Kier molecular flexibility index (Phi) is 4.63. The van der Waals surface area contributed by atoms with Crippen molar-refractivity contribution in [2.24, 2.45) is 0 Å². The molecular weight excluding hydrogens is 230 g/mol. The monoisotopic (exact) mass is 245 g/mol. The Labute approximate surface area is 96.2 Å². The molecule has 0 saturated carbocycles. The zero-order valence-electron chi connectivity index (χ0n) is 8.60. The molecule has 1 rings (SSSR count). The van der Waals surface area contributed by atoms with Crippen LogP contribution in [0.3, 0.4) is 0 Å². The molecule has 0 heterocycles. The molecule has 1 N–H and O–H groups in total. The lowest BCUT2D eigenvalue weighted by Crippen LogP contribution is -2.14. The van der Waals surface area contributed by atoms with E-state index in [1.807, 2.05) is 12.1 Å². The van der Waals surface area contributed by atoms with Crippen LogP contribution in [0.4, 0.5) is 0 Å². The van der Waals surface area contributed by atoms with Gasteiger partial charge >= 0.3 is 0 Å². The largest absolute Gasteiger partial charge is 0.308 e. The average Bonchev–Trinajstić information content (AvgIpc) is 2.18. The maximum Gasteiger partial charge on any atom is 0.175 e. The van der Waals surface area contributed by atoms with Crippen LogP contribution in [0, 0.1) is 0 Å². The molecule has 3 nitrogen and oxygen atoms in total. The Morgan fingerprint density at radius 1 is 1.27 bits per heavy atom. The normalized spacial score (nSPS) is 11.6. The molecule has 0 fully saturated rings. The highest BCUT2D eigenvalue weighted by molar-refractivity contribution is 7.90. The summed E-state index contributed by atoms with van der Waals surface area (Å²) < 4.78 is 22.4. The van der Waals surface area contributed by atoms with Gasteiger partial charge in [0.25, 0.3) is 0 Å². The van der Waals surface area contributed by atoms with Gasteiger partial charge in [0.15, 0.2) is 9.84 Å². The number of sulfone groups is 1. The smallest absolute Gasteiger partial charge is 0.175 e. The molecule has 0 aliphatic rings. The number of rotatable bonds is 5. The molecule has 0 spiro atoms. The number of thiol groups is 1. The van der Waals surface area contributed by atoms with Gasteiger partial charge in [0.2, 0.25) is 0 Å². The third kappa shape index (κ3) is 4.24. The zero-order valence-corrected chi connectivity index (χ0v) is 10.3. The Hall–Kier alpha value is -0.520. The van der Waals surface area contributed by atoms with E-state index in [0.29, 0.717) is 10.8 Å². The van der Waals surface area contributed by atoms with Crippen LogP contribution < -0.4 is 5.32 Å². The average molecular weight is 245 g/mol. The first-order chi connectivity index (χ1) is 7.04. The van der Waals surface area contributed by atoms with Crippen LogP contribution in [0.15, 0.2) is 29.2 Å². The third-order valence-corrected chi connectivity index (χ3v) is 3.41. The molecule has 0 atom stereocenters. The second kappa shape index (κ2) is 5.53. The Bertz CT molecular complexity index is 398. The van der Waals surface area contributed by atoms with Crippen LogP contribution in [-0.2, 0) is 16.3 Å². The van der Waals surface area contributed by atoms with Crippen LogP contribution >= 0.6 is 12.6 Å². The topological polar surface area (TPSA) is 46.2 Å². The number of hydrogen-bond acceptors (Lipinski definition) is 4. The Morgan fingerprint density at radius 2 is 1.87 bits per heavy atom. The molecule has 0 bridgehead atoms. The van der Waals surface area contributed by atoms with E-state index < -0.39 is 9.84 Å². The molecule has 0 saturated heterocycles. The van der Waals surface area contributed by atoms with Crippen molar-refractivity contribution in [3.05, 3.63) is 29.8 Å².